The van der Waals surface area contributed by atoms with Crippen molar-refractivity contribution in [2.45, 2.75) is 0 Å². The number of fused-ring (bicyclic) bond motifs is 2. The van der Waals surface area contributed by atoms with Gasteiger partial charge in [0.05, 0.1) is 0 Å². The molecule has 0 amide bonds. The van der Waals surface area contributed by atoms with Gasteiger partial charge in [-0.2, -0.15) is 0 Å². The van der Waals surface area contributed by atoms with E-state index in [1.54, 1.807) is 6.20 Å². The van der Waals surface area contributed by atoms with Gasteiger partial charge < -0.3 is 5.32 Å². The summed E-state index contributed by atoms with van der Waals surface area (Å²) in [6, 6.07) is 3.76. The molecule has 2 aromatic heterocycles. The van der Waals surface area contributed by atoms with Crippen molar-refractivity contribution in [2.75, 3.05) is 5.32 Å². The second kappa shape index (κ2) is 3.16. The fourth-order valence-electron chi connectivity index (χ4n) is 1.46. The molecule has 0 aliphatic carbocycles. The van der Waals surface area contributed by atoms with Crippen LogP contribution in [0.15, 0.2) is 36.7 Å². The number of aromatic nitrogens is 3. The van der Waals surface area contributed by atoms with Crippen LogP contribution in [-0.2, 0) is 0 Å². The number of nitrogens with zero attached hydrogens (tertiary/aromatic N) is 3. The number of pyridine rings is 1. The lowest BCUT2D eigenvalue weighted by molar-refractivity contribution is 1.21. The van der Waals surface area contributed by atoms with E-state index in [2.05, 4.69) is 20.3 Å². The Morgan fingerprint density at radius 1 is 1.13 bits per heavy atom. The fourth-order valence-corrected chi connectivity index (χ4v) is 1.46. The third kappa shape index (κ3) is 1.36. The quantitative estimate of drug-likeness (QED) is 0.700. The second-order valence-electron chi connectivity index (χ2n) is 3.17. The van der Waals surface area contributed by atoms with Crippen LogP contribution in [0.2, 0.25) is 0 Å². The van der Waals surface area contributed by atoms with Crippen molar-refractivity contribution < 1.29 is 0 Å². The number of nitrogens with one attached hydrogen (secondary N) is 1. The normalized spacial score (nSPS) is 13.3. The first kappa shape index (κ1) is 8.11. The Kier molecular flexibility index (Phi) is 1.71. The molecule has 0 saturated heterocycles. The highest BCUT2D eigenvalue weighted by Gasteiger charge is 2.06. The number of hydrogen-bond donors (Lipinski definition) is 1. The van der Waals surface area contributed by atoms with Gasteiger partial charge in [0.1, 0.15) is 11.2 Å². The maximum atomic E-state index is 4.46. The third-order valence-electron chi connectivity index (χ3n) is 2.15. The van der Waals surface area contributed by atoms with Crippen LogP contribution < -0.4 is 5.32 Å². The maximum Gasteiger partial charge on any atom is 0.180 e. The summed E-state index contributed by atoms with van der Waals surface area (Å²) in [5, 5.41) is 3.06. The Morgan fingerprint density at radius 3 is 3.13 bits per heavy atom. The topological polar surface area (TPSA) is 50.7 Å². The molecule has 2 aromatic rings. The van der Waals surface area contributed by atoms with Crippen LogP contribution in [0.4, 0.5) is 5.82 Å². The summed E-state index contributed by atoms with van der Waals surface area (Å²) >= 11 is 0. The van der Waals surface area contributed by atoms with Crippen molar-refractivity contribution >= 4 is 23.1 Å². The van der Waals surface area contributed by atoms with Gasteiger partial charge in [-0.3, -0.25) is 0 Å². The Morgan fingerprint density at radius 2 is 2.13 bits per heavy atom. The number of anilines is 1. The molecular weight excluding hydrogens is 188 g/mol. The average Bonchev–Trinajstić information content (AvgIpc) is 2.50. The number of rotatable bonds is 0. The summed E-state index contributed by atoms with van der Waals surface area (Å²) in [6.07, 6.45) is 9.29. The first-order chi connectivity index (χ1) is 7.43. The molecule has 0 spiro atoms. The van der Waals surface area contributed by atoms with Gasteiger partial charge in [-0.05, 0) is 24.3 Å². The summed E-state index contributed by atoms with van der Waals surface area (Å²) in [5.74, 6) is 0.742. The van der Waals surface area contributed by atoms with Crippen LogP contribution >= 0.6 is 0 Å². The average molecular weight is 196 g/mol. The van der Waals surface area contributed by atoms with Crippen LogP contribution in [-0.4, -0.2) is 15.0 Å². The van der Waals surface area contributed by atoms with E-state index in [0.717, 1.165) is 17.0 Å². The van der Waals surface area contributed by atoms with E-state index >= 15 is 0 Å². The summed E-state index contributed by atoms with van der Waals surface area (Å²) < 4.78 is 0. The summed E-state index contributed by atoms with van der Waals surface area (Å²) in [5.41, 5.74) is 2.30. The maximum absolute atomic E-state index is 4.46. The molecule has 3 heterocycles. The Labute approximate surface area is 86.4 Å². The van der Waals surface area contributed by atoms with Gasteiger partial charge in [0, 0.05) is 12.4 Å². The molecule has 15 heavy (non-hydrogen) atoms. The summed E-state index contributed by atoms with van der Waals surface area (Å²) in [6.45, 7) is 0. The third-order valence-corrected chi connectivity index (χ3v) is 2.15. The molecule has 0 saturated carbocycles. The smallest absolute Gasteiger partial charge is 0.180 e. The molecule has 1 N–H and O–H groups in total. The van der Waals surface area contributed by atoms with E-state index < -0.39 is 0 Å². The highest BCUT2D eigenvalue weighted by molar-refractivity contribution is 5.76. The highest BCUT2D eigenvalue weighted by Crippen LogP contribution is 2.18. The molecule has 4 heteroatoms. The molecule has 3 rings (SSSR count). The van der Waals surface area contributed by atoms with E-state index in [0.29, 0.717) is 5.65 Å². The van der Waals surface area contributed by atoms with E-state index in [1.165, 1.54) is 0 Å². The minimum atomic E-state index is 0.660. The van der Waals surface area contributed by atoms with Crippen LogP contribution in [0.25, 0.3) is 17.2 Å². The summed E-state index contributed by atoms with van der Waals surface area (Å²) in [4.78, 5) is 13.0. The van der Waals surface area contributed by atoms with Crippen molar-refractivity contribution in [1.29, 1.82) is 0 Å². The Bertz CT molecular complexity index is 572. The van der Waals surface area contributed by atoms with Gasteiger partial charge in [-0.1, -0.05) is 6.08 Å². The Hall–Kier alpha value is -2.23. The van der Waals surface area contributed by atoms with E-state index in [-0.39, 0.29) is 0 Å². The molecule has 0 bridgehead atoms. The van der Waals surface area contributed by atoms with Crippen LogP contribution in [0.5, 0.6) is 0 Å². The second-order valence-corrected chi connectivity index (χ2v) is 3.17. The molecular formula is C11H8N4. The zero-order valence-electron chi connectivity index (χ0n) is 7.88. The molecule has 1 aliphatic rings. The standard InChI is InChI=1S/C11H8N4/c1-2-6-12-10-8(4-1)14-9-5-3-7-13-11(9)15-10/h1-7H,(H,12,13,15). The fraction of sp³-hybridized carbons (Fsp3) is 0. The zero-order chi connectivity index (χ0) is 10.1. The largest absolute Gasteiger partial charge is 0.345 e. The lowest BCUT2D eigenvalue weighted by Gasteiger charge is -2.03. The molecule has 0 unspecified atom stereocenters. The lowest BCUT2D eigenvalue weighted by Crippen LogP contribution is -1.98. The predicted octanol–water partition coefficient (Wildman–Crippen LogP) is 1.98. The van der Waals surface area contributed by atoms with Gasteiger partial charge in [0.15, 0.2) is 11.5 Å². The Balaban J connectivity index is 2.31. The van der Waals surface area contributed by atoms with Gasteiger partial charge in [0.2, 0.25) is 0 Å². The van der Waals surface area contributed by atoms with Gasteiger partial charge in [0.25, 0.3) is 0 Å². The highest BCUT2D eigenvalue weighted by atomic mass is 15.0. The molecule has 0 atom stereocenters. The first-order valence-electron chi connectivity index (χ1n) is 4.66. The monoisotopic (exact) mass is 196 g/mol. The number of allylic oxidation sites excluding steroid dienone is 2. The molecule has 1 aliphatic heterocycles. The minimum Gasteiger partial charge on any atom is -0.345 e. The van der Waals surface area contributed by atoms with Crippen LogP contribution in [0.3, 0.4) is 0 Å². The molecule has 0 fully saturated rings. The van der Waals surface area contributed by atoms with E-state index in [1.807, 2.05) is 36.6 Å². The van der Waals surface area contributed by atoms with Crippen molar-refractivity contribution in [1.82, 2.24) is 15.0 Å². The van der Waals surface area contributed by atoms with Gasteiger partial charge in [-0.25, -0.2) is 15.0 Å². The minimum absolute atomic E-state index is 0.660. The molecule has 72 valence electrons. The SMILES string of the molecule is C1=CNc2nc3ncccc3nc2C=C1. The lowest BCUT2D eigenvalue weighted by atomic mass is 10.3. The first-order valence-corrected chi connectivity index (χ1v) is 4.66. The van der Waals surface area contributed by atoms with E-state index in [9.17, 15) is 0 Å². The number of hydrogen-bond acceptors (Lipinski definition) is 4. The predicted molar refractivity (Wildman–Crippen MR) is 59.1 cm³/mol. The van der Waals surface area contributed by atoms with Crippen molar-refractivity contribution in [3.05, 3.63) is 42.4 Å². The van der Waals surface area contributed by atoms with Crippen LogP contribution in [0.1, 0.15) is 5.69 Å². The molecule has 0 aromatic carbocycles. The van der Waals surface area contributed by atoms with Crippen molar-refractivity contribution in [2.24, 2.45) is 0 Å². The van der Waals surface area contributed by atoms with E-state index in [4.69, 9.17) is 0 Å². The molecule has 0 radical (unpaired) electrons. The van der Waals surface area contributed by atoms with Crippen LogP contribution in [0, 0.1) is 0 Å². The zero-order valence-corrected chi connectivity index (χ0v) is 7.88. The summed E-state index contributed by atoms with van der Waals surface area (Å²) in [7, 11) is 0. The van der Waals surface area contributed by atoms with Gasteiger partial charge in [-0.15, -0.1) is 0 Å². The van der Waals surface area contributed by atoms with Gasteiger partial charge >= 0.3 is 0 Å². The molecule has 4 nitrogen and oxygen atoms in total. The van der Waals surface area contributed by atoms with Crippen molar-refractivity contribution in [3.63, 3.8) is 0 Å². The van der Waals surface area contributed by atoms with Crippen molar-refractivity contribution in [3.8, 4) is 0 Å².